The maximum Gasteiger partial charge on any atom is 0.270 e. The zero-order valence-electron chi connectivity index (χ0n) is 11.7. The van der Waals surface area contributed by atoms with Crippen LogP contribution in [-0.2, 0) is 16.4 Å². The molecular weight excluding hydrogens is 344 g/mol. The molecule has 0 bridgehead atoms. The van der Waals surface area contributed by atoms with E-state index in [-0.39, 0.29) is 23.5 Å². The number of nitrogens with zero attached hydrogens (tertiary/aromatic N) is 2. The van der Waals surface area contributed by atoms with Gasteiger partial charge >= 0.3 is 0 Å². The van der Waals surface area contributed by atoms with Gasteiger partial charge in [0.05, 0.1) is 11.5 Å². The molecule has 0 spiro atoms. The quantitative estimate of drug-likeness (QED) is 0.821. The number of carbonyl (C=O) groups excluding carboxylic acids is 1. The molecule has 20 heavy (non-hydrogen) atoms. The number of hydrogen-bond donors (Lipinski definition) is 0. The minimum atomic E-state index is -2.98. The van der Waals surface area contributed by atoms with Gasteiger partial charge in [0, 0.05) is 30.3 Å². The first-order chi connectivity index (χ1) is 9.34. The summed E-state index contributed by atoms with van der Waals surface area (Å²) in [6.45, 7) is 2.82. The van der Waals surface area contributed by atoms with Crippen molar-refractivity contribution in [3.8, 4) is 0 Å². The first kappa shape index (κ1) is 15.6. The van der Waals surface area contributed by atoms with E-state index < -0.39 is 9.84 Å². The summed E-state index contributed by atoms with van der Waals surface area (Å²) in [5.41, 5.74) is 0.602. The van der Waals surface area contributed by atoms with Crippen LogP contribution in [0.2, 0.25) is 0 Å². The van der Waals surface area contributed by atoms with E-state index in [1.165, 1.54) is 0 Å². The predicted octanol–water partition coefficient (Wildman–Crippen LogP) is 1.92. The molecule has 0 aromatic carbocycles. The lowest BCUT2D eigenvalue weighted by Crippen LogP contribution is -2.38. The molecule has 5 nitrogen and oxygen atoms in total. The van der Waals surface area contributed by atoms with Crippen LogP contribution in [0.4, 0.5) is 0 Å². The van der Waals surface area contributed by atoms with Gasteiger partial charge in [-0.15, -0.1) is 0 Å². The number of aromatic nitrogens is 1. The molecular formula is C13H19BrN2O3S. The van der Waals surface area contributed by atoms with Crippen molar-refractivity contribution in [2.45, 2.75) is 32.4 Å². The molecule has 0 radical (unpaired) electrons. The van der Waals surface area contributed by atoms with Crippen molar-refractivity contribution in [3.63, 3.8) is 0 Å². The zero-order chi connectivity index (χ0) is 14.9. The number of aryl methyl sites for hydroxylation is 1. The van der Waals surface area contributed by atoms with Gasteiger partial charge in [-0.25, -0.2) is 8.42 Å². The van der Waals surface area contributed by atoms with Crippen LogP contribution < -0.4 is 0 Å². The third-order valence-electron chi connectivity index (χ3n) is 3.62. The van der Waals surface area contributed by atoms with Gasteiger partial charge in [0.2, 0.25) is 0 Å². The fourth-order valence-electron chi connectivity index (χ4n) is 2.51. The lowest BCUT2D eigenvalue weighted by atomic mass is 10.2. The molecule has 0 saturated carbocycles. The van der Waals surface area contributed by atoms with Crippen LogP contribution in [0.15, 0.2) is 16.7 Å². The highest BCUT2D eigenvalue weighted by molar-refractivity contribution is 9.10. The molecule has 1 aliphatic heterocycles. The highest BCUT2D eigenvalue weighted by Crippen LogP contribution is 2.21. The van der Waals surface area contributed by atoms with E-state index in [4.69, 9.17) is 0 Å². The van der Waals surface area contributed by atoms with E-state index in [1.54, 1.807) is 18.0 Å². The Morgan fingerprint density at radius 1 is 1.55 bits per heavy atom. The molecule has 1 unspecified atom stereocenters. The highest BCUT2D eigenvalue weighted by Gasteiger charge is 2.33. The predicted molar refractivity (Wildman–Crippen MR) is 81.6 cm³/mol. The van der Waals surface area contributed by atoms with Crippen LogP contribution >= 0.6 is 15.9 Å². The molecule has 1 saturated heterocycles. The Kier molecular flexibility index (Phi) is 4.59. The van der Waals surface area contributed by atoms with Crippen molar-refractivity contribution in [1.82, 2.24) is 9.47 Å². The standard InChI is InChI=1S/C13H19BrN2O3S/c1-3-5-16-8-10(14)7-12(16)13(17)15(2)11-4-6-20(18,19)9-11/h7-8,11H,3-6,9H2,1-2H3. The van der Waals surface area contributed by atoms with Gasteiger partial charge in [-0.3, -0.25) is 4.79 Å². The van der Waals surface area contributed by atoms with Gasteiger partial charge in [-0.2, -0.15) is 0 Å². The van der Waals surface area contributed by atoms with E-state index in [2.05, 4.69) is 22.9 Å². The van der Waals surface area contributed by atoms with Crippen LogP contribution in [0.5, 0.6) is 0 Å². The molecule has 0 aliphatic carbocycles. The lowest BCUT2D eigenvalue weighted by molar-refractivity contribution is 0.0736. The minimum absolute atomic E-state index is 0.0743. The third-order valence-corrected chi connectivity index (χ3v) is 5.81. The van der Waals surface area contributed by atoms with Crippen molar-refractivity contribution < 1.29 is 13.2 Å². The summed E-state index contributed by atoms with van der Waals surface area (Å²) in [4.78, 5) is 14.1. The Bertz CT molecular complexity index is 609. The fourth-order valence-corrected chi connectivity index (χ4v) is 4.75. The Hall–Kier alpha value is -0.820. The van der Waals surface area contributed by atoms with E-state index in [0.717, 1.165) is 17.4 Å². The summed E-state index contributed by atoms with van der Waals surface area (Å²) in [5, 5.41) is 0. The Morgan fingerprint density at radius 3 is 2.80 bits per heavy atom. The van der Waals surface area contributed by atoms with Crippen molar-refractivity contribution in [2.75, 3.05) is 18.6 Å². The smallest absolute Gasteiger partial charge is 0.270 e. The number of hydrogen-bond acceptors (Lipinski definition) is 3. The van der Waals surface area contributed by atoms with Crippen LogP contribution in [-0.4, -0.2) is 48.4 Å². The molecule has 7 heteroatoms. The first-order valence-corrected chi connectivity index (χ1v) is 9.28. The molecule has 112 valence electrons. The molecule has 2 rings (SSSR count). The normalized spacial score (nSPS) is 21.1. The summed E-state index contributed by atoms with van der Waals surface area (Å²) >= 11 is 3.38. The Balaban J connectivity index is 2.19. The van der Waals surface area contributed by atoms with Gasteiger partial charge in [-0.1, -0.05) is 6.92 Å². The summed E-state index contributed by atoms with van der Waals surface area (Å²) in [5.74, 6) is 0.131. The average molecular weight is 363 g/mol. The summed E-state index contributed by atoms with van der Waals surface area (Å²) in [6, 6.07) is 1.58. The average Bonchev–Trinajstić information content (AvgIpc) is 2.91. The third kappa shape index (κ3) is 3.25. The number of halogens is 1. The summed E-state index contributed by atoms with van der Waals surface area (Å²) in [6.07, 6.45) is 3.35. The second kappa shape index (κ2) is 5.89. The molecule has 0 N–H and O–H groups in total. The number of carbonyl (C=O) groups is 1. The molecule has 1 aromatic heterocycles. The summed E-state index contributed by atoms with van der Waals surface area (Å²) < 4.78 is 25.8. The van der Waals surface area contributed by atoms with E-state index in [9.17, 15) is 13.2 Å². The molecule has 2 heterocycles. The SMILES string of the molecule is CCCn1cc(Br)cc1C(=O)N(C)C1CCS(=O)(=O)C1. The molecule has 1 atom stereocenters. The fraction of sp³-hybridized carbons (Fsp3) is 0.615. The van der Waals surface area contributed by atoms with Gasteiger partial charge in [0.25, 0.3) is 5.91 Å². The van der Waals surface area contributed by atoms with E-state index in [0.29, 0.717) is 12.1 Å². The Morgan fingerprint density at radius 2 is 2.25 bits per heavy atom. The Labute approximate surface area is 128 Å². The van der Waals surface area contributed by atoms with E-state index >= 15 is 0 Å². The van der Waals surface area contributed by atoms with Crippen molar-refractivity contribution in [2.24, 2.45) is 0 Å². The van der Waals surface area contributed by atoms with Gasteiger partial charge in [-0.05, 0) is 34.8 Å². The lowest BCUT2D eigenvalue weighted by Gasteiger charge is -2.24. The topological polar surface area (TPSA) is 59.4 Å². The number of sulfone groups is 1. The van der Waals surface area contributed by atoms with Crippen molar-refractivity contribution in [1.29, 1.82) is 0 Å². The molecule has 1 aliphatic rings. The minimum Gasteiger partial charge on any atom is -0.342 e. The van der Waals surface area contributed by atoms with Crippen LogP contribution in [0.1, 0.15) is 30.3 Å². The maximum atomic E-state index is 12.5. The first-order valence-electron chi connectivity index (χ1n) is 6.67. The van der Waals surface area contributed by atoms with Crippen molar-refractivity contribution >= 4 is 31.7 Å². The molecule has 1 aromatic rings. The largest absolute Gasteiger partial charge is 0.342 e. The van der Waals surface area contributed by atoms with Crippen LogP contribution in [0.25, 0.3) is 0 Å². The van der Waals surface area contributed by atoms with Crippen LogP contribution in [0.3, 0.4) is 0 Å². The van der Waals surface area contributed by atoms with Gasteiger partial charge < -0.3 is 9.47 Å². The number of rotatable bonds is 4. The summed E-state index contributed by atoms with van der Waals surface area (Å²) in [7, 11) is -1.30. The second-order valence-corrected chi connectivity index (χ2v) is 8.35. The van der Waals surface area contributed by atoms with E-state index in [1.807, 2.05) is 10.8 Å². The zero-order valence-corrected chi connectivity index (χ0v) is 14.1. The monoisotopic (exact) mass is 362 g/mol. The number of amides is 1. The highest BCUT2D eigenvalue weighted by atomic mass is 79.9. The molecule has 1 fully saturated rings. The maximum absolute atomic E-state index is 12.5. The van der Waals surface area contributed by atoms with Gasteiger partial charge in [0.15, 0.2) is 9.84 Å². The van der Waals surface area contributed by atoms with Crippen molar-refractivity contribution in [3.05, 3.63) is 22.4 Å². The van der Waals surface area contributed by atoms with Gasteiger partial charge in [0.1, 0.15) is 5.69 Å². The van der Waals surface area contributed by atoms with Crippen LogP contribution in [0, 0.1) is 0 Å². The second-order valence-electron chi connectivity index (χ2n) is 5.21. The molecule has 1 amide bonds.